The number of hydrogen-bond donors (Lipinski definition) is 2. The lowest BCUT2D eigenvalue weighted by Gasteiger charge is -2.14. The van der Waals surface area contributed by atoms with Crippen molar-refractivity contribution in [1.82, 2.24) is 5.32 Å². The topological polar surface area (TPSA) is 92.7 Å². The number of carbonyl (C=O) groups excluding carboxylic acids is 2. The summed E-state index contributed by atoms with van der Waals surface area (Å²) < 4.78 is 4.41. The summed E-state index contributed by atoms with van der Waals surface area (Å²) in [6, 6.07) is 0. The molecule has 6 heteroatoms. The zero-order chi connectivity index (χ0) is 13.7. The molecule has 0 spiro atoms. The molecule has 0 radical (unpaired) electrons. The lowest BCUT2D eigenvalue weighted by Crippen LogP contribution is -2.38. The van der Waals surface area contributed by atoms with Gasteiger partial charge in [0.2, 0.25) is 5.91 Å². The van der Waals surface area contributed by atoms with Crippen LogP contribution in [0.25, 0.3) is 0 Å². The van der Waals surface area contributed by atoms with Crippen LogP contribution in [0.3, 0.4) is 0 Å². The lowest BCUT2D eigenvalue weighted by atomic mass is 9.95. The summed E-state index contributed by atoms with van der Waals surface area (Å²) in [7, 11) is 1.23. The van der Waals surface area contributed by atoms with Crippen molar-refractivity contribution in [2.75, 3.05) is 13.7 Å². The van der Waals surface area contributed by atoms with Crippen molar-refractivity contribution in [3.63, 3.8) is 0 Å². The number of carbonyl (C=O) groups is 3. The quantitative estimate of drug-likeness (QED) is 0.696. The normalized spacial score (nSPS) is 26.7. The first kappa shape index (κ1) is 14.5. The van der Waals surface area contributed by atoms with Crippen molar-refractivity contribution in [1.29, 1.82) is 0 Å². The van der Waals surface area contributed by atoms with Crippen LogP contribution in [0.2, 0.25) is 0 Å². The number of ether oxygens (including phenoxy) is 1. The molecule has 102 valence electrons. The molecule has 1 saturated carbocycles. The third kappa shape index (κ3) is 3.45. The molecule has 0 aromatic rings. The maximum absolute atomic E-state index is 11.9. The summed E-state index contributed by atoms with van der Waals surface area (Å²) in [5.41, 5.74) is 0. The van der Waals surface area contributed by atoms with Gasteiger partial charge in [0.25, 0.3) is 0 Å². The largest absolute Gasteiger partial charge is 0.481 e. The lowest BCUT2D eigenvalue weighted by molar-refractivity contribution is -0.146. The van der Waals surface area contributed by atoms with Crippen molar-refractivity contribution in [3.8, 4) is 0 Å². The van der Waals surface area contributed by atoms with Gasteiger partial charge in [-0.1, -0.05) is 13.3 Å². The summed E-state index contributed by atoms with van der Waals surface area (Å²) in [6.45, 7) is 1.77. The molecule has 0 bridgehead atoms. The maximum atomic E-state index is 11.9. The van der Waals surface area contributed by atoms with Crippen molar-refractivity contribution >= 4 is 17.8 Å². The molecular weight excluding hydrogens is 238 g/mol. The standard InChI is InChI=1S/C12H19NO5/c1-3-7-4-8(9(5-7)12(16)17)11(15)13-6-10(14)18-2/h7-9H,3-6H2,1-2H3,(H,13,15)(H,16,17). The predicted octanol–water partition coefficient (Wildman–Crippen LogP) is 0.413. The molecule has 1 aliphatic rings. The molecule has 0 saturated heterocycles. The Hall–Kier alpha value is -1.59. The van der Waals surface area contributed by atoms with E-state index in [9.17, 15) is 14.4 Å². The Morgan fingerprint density at radius 1 is 1.28 bits per heavy atom. The molecule has 6 nitrogen and oxygen atoms in total. The minimum atomic E-state index is -0.941. The SMILES string of the molecule is CCC1CC(C(=O)O)C(C(=O)NCC(=O)OC)C1. The molecule has 1 fully saturated rings. The molecule has 0 aliphatic heterocycles. The Balaban J connectivity index is 2.59. The van der Waals surface area contributed by atoms with E-state index in [0.717, 1.165) is 6.42 Å². The number of nitrogens with one attached hydrogen (secondary N) is 1. The minimum absolute atomic E-state index is 0.213. The molecule has 1 aliphatic carbocycles. The second kappa shape index (κ2) is 6.37. The second-order valence-electron chi connectivity index (χ2n) is 4.59. The molecule has 18 heavy (non-hydrogen) atoms. The Labute approximate surface area is 106 Å². The summed E-state index contributed by atoms with van der Waals surface area (Å²) in [5, 5.41) is 11.5. The Bertz CT molecular complexity index is 341. The van der Waals surface area contributed by atoms with E-state index in [-0.39, 0.29) is 18.4 Å². The van der Waals surface area contributed by atoms with Crippen LogP contribution < -0.4 is 5.32 Å². The van der Waals surface area contributed by atoms with Gasteiger partial charge in [0.1, 0.15) is 6.54 Å². The second-order valence-corrected chi connectivity index (χ2v) is 4.59. The fourth-order valence-electron chi connectivity index (χ4n) is 2.40. The van der Waals surface area contributed by atoms with E-state index in [1.807, 2.05) is 6.92 Å². The van der Waals surface area contributed by atoms with Gasteiger partial charge in [0.05, 0.1) is 18.9 Å². The van der Waals surface area contributed by atoms with Gasteiger partial charge < -0.3 is 15.2 Å². The number of esters is 1. The number of hydrogen-bond acceptors (Lipinski definition) is 4. The average molecular weight is 257 g/mol. The average Bonchev–Trinajstić information content (AvgIpc) is 2.79. The third-order valence-electron chi connectivity index (χ3n) is 3.53. The summed E-state index contributed by atoms with van der Waals surface area (Å²) in [4.78, 5) is 33.9. The van der Waals surface area contributed by atoms with Crippen molar-refractivity contribution in [2.45, 2.75) is 26.2 Å². The van der Waals surface area contributed by atoms with Crippen LogP contribution in [-0.4, -0.2) is 36.6 Å². The number of carboxylic acids is 1. The van der Waals surface area contributed by atoms with E-state index in [0.29, 0.717) is 12.8 Å². The van der Waals surface area contributed by atoms with Gasteiger partial charge in [-0.05, 0) is 18.8 Å². The summed E-state index contributed by atoms with van der Waals surface area (Å²) >= 11 is 0. The molecular formula is C12H19NO5. The van der Waals surface area contributed by atoms with Crippen LogP contribution in [0.1, 0.15) is 26.2 Å². The molecule has 2 N–H and O–H groups in total. The smallest absolute Gasteiger partial charge is 0.325 e. The minimum Gasteiger partial charge on any atom is -0.481 e. The Kier molecular flexibility index (Phi) is 5.12. The van der Waals surface area contributed by atoms with Crippen molar-refractivity contribution in [2.24, 2.45) is 17.8 Å². The molecule has 0 heterocycles. The number of amides is 1. The van der Waals surface area contributed by atoms with Gasteiger partial charge >= 0.3 is 11.9 Å². The highest BCUT2D eigenvalue weighted by Crippen LogP contribution is 2.38. The zero-order valence-corrected chi connectivity index (χ0v) is 10.6. The van der Waals surface area contributed by atoms with Crippen molar-refractivity contribution < 1.29 is 24.2 Å². The van der Waals surface area contributed by atoms with E-state index >= 15 is 0 Å². The maximum Gasteiger partial charge on any atom is 0.325 e. The van der Waals surface area contributed by atoms with E-state index < -0.39 is 23.8 Å². The highest BCUT2D eigenvalue weighted by atomic mass is 16.5. The number of aliphatic carboxylic acids is 1. The van der Waals surface area contributed by atoms with Gasteiger partial charge in [0.15, 0.2) is 0 Å². The van der Waals surface area contributed by atoms with Gasteiger partial charge in [-0.2, -0.15) is 0 Å². The summed E-state index contributed by atoms with van der Waals surface area (Å²) in [5.74, 6) is -2.78. The first-order chi connectivity index (χ1) is 8.49. The van der Waals surface area contributed by atoms with Crippen LogP contribution in [0.15, 0.2) is 0 Å². The highest BCUT2D eigenvalue weighted by molar-refractivity contribution is 5.87. The fourth-order valence-corrected chi connectivity index (χ4v) is 2.40. The number of rotatable bonds is 5. The van der Waals surface area contributed by atoms with Crippen LogP contribution in [-0.2, 0) is 19.1 Å². The van der Waals surface area contributed by atoms with E-state index in [1.54, 1.807) is 0 Å². The van der Waals surface area contributed by atoms with E-state index in [1.165, 1.54) is 7.11 Å². The van der Waals surface area contributed by atoms with Gasteiger partial charge in [-0.3, -0.25) is 14.4 Å². The molecule has 3 unspecified atom stereocenters. The van der Waals surface area contributed by atoms with Gasteiger partial charge in [-0.15, -0.1) is 0 Å². The molecule has 3 atom stereocenters. The molecule has 1 amide bonds. The number of carboxylic acid groups (broad SMARTS) is 1. The van der Waals surface area contributed by atoms with Crippen LogP contribution in [0.4, 0.5) is 0 Å². The predicted molar refractivity (Wildman–Crippen MR) is 62.7 cm³/mol. The Morgan fingerprint density at radius 3 is 2.39 bits per heavy atom. The molecule has 0 aromatic heterocycles. The number of methoxy groups -OCH3 is 1. The van der Waals surface area contributed by atoms with E-state index in [4.69, 9.17) is 5.11 Å². The van der Waals surface area contributed by atoms with Gasteiger partial charge in [0, 0.05) is 0 Å². The van der Waals surface area contributed by atoms with Gasteiger partial charge in [-0.25, -0.2) is 0 Å². The first-order valence-electron chi connectivity index (χ1n) is 6.06. The third-order valence-corrected chi connectivity index (χ3v) is 3.53. The summed E-state index contributed by atoms with van der Waals surface area (Å²) in [6.07, 6.45) is 1.97. The molecule has 1 rings (SSSR count). The highest BCUT2D eigenvalue weighted by Gasteiger charge is 2.42. The monoisotopic (exact) mass is 257 g/mol. The zero-order valence-electron chi connectivity index (χ0n) is 10.6. The Morgan fingerprint density at radius 2 is 1.89 bits per heavy atom. The molecule has 0 aromatic carbocycles. The van der Waals surface area contributed by atoms with Crippen LogP contribution >= 0.6 is 0 Å². The fraction of sp³-hybridized carbons (Fsp3) is 0.750. The van der Waals surface area contributed by atoms with Crippen molar-refractivity contribution in [3.05, 3.63) is 0 Å². The van der Waals surface area contributed by atoms with Crippen LogP contribution in [0.5, 0.6) is 0 Å². The first-order valence-corrected chi connectivity index (χ1v) is 6.06. The van der Waals surface area contributed by atoms with E-state index in [2.05, 4.69) is 10.1 Å². The van der Waals surface area contributed by atoms with Crippen LogP contribution in [0, 0.1) is 17.8 Å².